The number of hydrogen-bond donors (Lipinski definition) is 2. The van der Waals surface area contributed by atoms with Crippen molar-refractivity contribution in [1.82, 2.24) is 20.4 Å². The molecule has 0 saturated carbocycles. The van der Waals surface area contributed by atoms with Crippen molar-refractivity contribution in [1.29, 1.82) is 0 Å². The summed E-state index contributed by atoms with van der Waals surface area (Å²) in [5.74, 6) is 0.791. The average Bonchev–Trinajstić information content (AvgIpc) is 3.18. The van der Waals surface area contributed by atoms with Crippen LogP contribution < -0.4 is 10.6 Å². The van der Waals surface area contributed by atoms with Crippen LogP contribution in [0, 0.1) is 13.8 Å². The van der Waals surface area contributed by atoms with Crippen molar-refractivity contribution in [3.8, 4) is 5.69 Å². The van der Waals surface area contributed by atoms with Gasteiger partial charge in [-0.3, -0.25) is 0 Å². The van der Waals surface area contributed by atoms with E-state index in [2.05, 4.69) is 74.7 Å². The van der Waals surface area contributed by atoms with Crippen LogP contribution in [-0.2, 0) is 0 Å². The molecule has 1 aromatic heterocycles. The van der Waals surface area contributed by atoms with Crippen LogP contribution in [-0.4, -0.2) is 27.9 Å². The lowest BCUT2D eigenvalue weighted by molar-refractivity contribution is 0.236. The standard InChI is InChI=1S/C23H32N4O/c1-14(2)18-8-11-21(12-9-18)27-17(6)22(16(5)26-27)19-7-10-20(13-19)25-23(28)24-15(3)4/h7-12,14-15,19-20H,13H2,1-6H3,(H2,24,25,28)/t19-,20-/m1/s1. The lowest BCUT2D eigenvalue weighted by Gasteiger charge is -2.16. The van der Waals surface area contributed by atoms with Crippen molar-refractivity contribution in [3.63, 3.8) is 0 Å². The maximum absolute atomic E-state index is 12.0. The van der Waals surface area contributed by atoms with Gasteiger partial charge in [0.25, 0.3) is 0 Å². The van der Waals surface area contributed by atoms with E-state index in [1.165, 1.54) is 11.1 Å². The van der Waals surface area contributed by atoms with E-state index in [-0.39, 0.29) is 24.0 Å². The number of carbonyl (C=O) groups is 1. The summed E-state index contributed by atoms with van der Waals surface area (Å²) in [4.78, 5) is 12.0. The molecule has 150 valence electrons. The number of carbonyl (C=O) groups excluding carboxylic acids is 1. The topological polar surface area (TPSA) is 59.0 Å². The van der Waals surface area contributed by atoms with Crippen LogP contribution in [0.5, 0.6) is 0 Å². The molecule has 0 saturated heterocycles. The number of nitrogens with one attached hydrogen (secondary N) is 2. The molecule has 1 heterocycles. The Kier molecular flexibility index (Phi) is 5.92. The van der Waals surface area contributed by atoms with Crippen LogP contribution in [0.25, 0.3) is 5.69 Å². The summed E-state index contributed by atoms with van der Waals surface area (Å²) >= 11 is 0. The molecule has 3 rings (SSSR count). The fraction of sp³-hybridized carbons (Fsp3) is 0.478. The van der Waals surface area contributed by atoms with Crippen molar-refractivity contribution >= 4 is 6.03 Å². The minimum absolute atomic E-state index is 0.0521. The van der Waals surface area contributed by atoms with Gasteiger partial charge in [-0.1, -0.05) is 38.1 Å². The van der Waals surface area contributed by atoms with Crippen molar-refractivity contribution < 1.29 is 4.79 Å². The number of rotatable bonds is 5. The number of allylic oxidation sites excluding steroid dienone is 1. The number of hydrogen-bond acceptors (Lipinski definition) is 2. The fourth-order valence-corrected chi connectivity index (χ4v) is 3.94. The van der Waals surface area contributed by atoms with Crippen LogP contribution in [0.15, 0.2) is 36.4 Å². The van der Waals surface area contributed by atoms with Crippen LogP contribution >= 0.6 is 0 Å². The zero-order valence-electron chi connectivity index (χ0n) is 17.8. The third-order valence-electron chi connectivity index (χ3n) is 5.34. The summed E-state index contributed by atoms with van der Waals surface area (Å²) in [6, 6.07) is 8.72. The van der Waals surface area contributed by atoms with Crippen LogP contribution in [0.3, 0.4) is 0 Å². The van der Waals surface area contributed by atoms with E-state index >= 15 is 0 Å². The summed E-state index contributed by atoms with van der Waals surface area (Å²) < 4.78 is 2.04. The summed E-state index contributed by atoms with van der Waals surface area (Å²) in [6.07, 6.45) is 5.16. The maximum atomic E-state index is 12.0. The minimum Gasteiger partial charge on any atom is -0.336 e. The third-order valence-corrected chi connectivity index (χ3v) is 5.34. The van der Waals surface area contributed by atoms with E-state index in [4.69, 9.17) is 5.10 Å². The summed E-state index contributed by atoms with van der Waals surface area (Å²) in [5, 5.41) is 10.7. The van der Waals surface area contributed by atoms with E-state index in [1.807, 2.05) is 18.5 Å². The number of aromatic nitrogens is 2. The highest BCUT2D eigenvalue weighted by molar-refractivity contribution is 5.74. The molecule has 2 aromatic rings. The molecular formula is C23H32N4O. The molecule has 1 aromatic carbocycles. The zero-order chi connectivity index (χ0) is 20.4. The largest absolute Gasteiger partial charge is 0.336 e. The second-order valence-corrected chi connectivity index (χ2v) is 8.35. The molecule has 2 atom stereocenters. The van der Waals surface area contributed by atoms with Gasteiger partial charge in [-0.15, -0.1) is 0 Å². The van der Waals surface area contributed by atoms with E-state index in [9.17, 15) is 4.79 Å². The van der Waals surface area contributed by atoms with Crippen LogP contribution in [0.2, 0.25) is 0 Å². The summed E-state index contributed by atoms with van der Waals surface area (Å²) in [6.45, 7) is 12.5. The molecule has 1 aliphatic rings. The van der Waals surface area contributed by atoms with E-state index < -0.39 is 0 Å². The molecule has 0 bridgehead atoms. The number of benzene rings is 1. The average molecular weight is 381 g/mol. The normalized spacial score (nSPS) is 18.9. The first-order valence-corrected chi connectivity index (χ1v) is 10.2. The van der Waals surface area contributed by atoms with Gasteiger partial charge in [-0.25, -0.2) is 9.48 Å². The van der Waals surface area contributed by atoms with Gasteiger partial charge in [0.15, 0.2) is 0 Å². The summed E-state index contributed by atoms with van der Waals surface area (Å²) in [7, 11) is 0. The minimum atomic E-state index is -0.111. The number of amides is 2. The highest BCUT2D eigenvalue weighted by Gasteiger charge is 2.27. The van der Waals surface area contributed by atoms with Crippen molar-refractivity contribution in [3.05, 3.63) is 58.9 Å². The summed E-state index contributed by atoms with van der Waals surface area (Å²) in [5.41, 5.74) is 5.89. The number of urea groups is 1. The Labute approximate surface area is 168 Å². The predicted octanol–water partition coefficient (Wildman–Crippen LogP) is 4.73. The van der Waals surface area contributed by atoms with E-state index in [1.54, 1.807) is 0 Å². The second kappa shape index (κ2) is 8.21. The molecular weight excluding hydrogens is 348 g/mol. The molecule has 0 spiro atoms. The van der Waals surface area contributed by atoms with Gasteiger partial charge in [-0.05, 0) is 57.7 Å². The molecule has 2 N–H and O–H groups in total. The Hall–Kier alpha value is -2.56. The number of aryl methyl sites for hydroxylation is 1. The molecule has 5 heteroatoms. The van der Waals surface area contributed by atoms with Crippen molar-refractivity contribution in [2.75, 3.05) is 0 Å². The molecule has 1 aliphatic carbocycles. The smallest absolute Gasteiger partial charge is 0.315 e. The lowest BCUT2D eigenvalue weighted by Crippen LogP contribution is -2.43. The fourth-order valence-electron chi connectivity index (χ4n) is 3.94. The molecule has 0 radical (unpaired) electrons. The van der Waals surface area contributed by atoms with Gasteiger partial charge in [0.05, 0.1) is 11.4 Å². The van der Waals surface area contributed by atoms with E-state index in [0.29, 0.717) is 5.92 Å². The molecule has 0 aliphatic heterocycles. The highest BCUT2D eigenvalue weighted by atomic mass is 16.2. The van der Waals surface area contributed by atoms with Gasteiger partial charge in [0, 0.05) is 29.3 Å². The first-order chi connectivity index (χ1) is 13.3. The zero-order valence-corrected chi connectivity index (χ0v) is 17.8. The highest BCUT2D eigenvalue weighted by Crippen LogP contribution is 2.34. The van der Waals surface area contributed by atoms with Gasteiger partial charge in [0.1, 0.15) is 0 Å². The van der Waals surface area contributed by atoms with Gasteiger partial charge >= 0.3 is 6.03 Å². The Morgan fingerprint density at radius 2 is 1.79 bits per heavy atom. The number of nitrogens with zero attached hydrogens (tertiary/aromatic N) is 2. The van der Waals surface area contributed by atoms with Gasteiger partial charge in [0.2, 0.25) is 0 Å². The van der Waals surface area contributed by atoms with Gasteiger partial charge < -0.3 is 10.6 Å². The Morgan fingerprint density at radius 3 is 2.39 bits per heavy atom. The van der Waals surface area contributed by atoms with E-state index in [0.717, 1.165) is 23.5 Å². The second-order valence-electron chi connectivity index (χ2n) is 8.35. The molecule has 0 fully saturated rings. The third kappa shape index (κ3) is 4.29. The monoisotopic (exact) mass is 380 g/mol. The first-order valence-electron chi connectivity index (χ1n) is 10.2. The molecule has 0 unspecified atom stereocenters. The Morgan fingerprint density at radius 1 is 1.11 bits per heavy atom. The Balaban J connectivity index is 1.76. The molecule has 2 amide bonds. The maximum Gasteiger partial charge on any atom is 0.315 e. The lowest BCUT2D eigenvalue weighted by atomic mass is 9.96. The first kappa shape index (κ1) is 20.2. The predicted molar refractivity (Wildman–Crippen MR) is 114 cm³/mol. The van der Waals surface area contributed by atoms with Crippen LogP contribution in [0.1, 0.15) is 68.5 Å². The quantitative estimate of drug-likeness (QED) is 0.737. The van der Waals surface area contributed by atoms with Crippen molar-refractivity contribution in [2.45, 2.75) is 71.9 Å². The van der Waals surface area contributed by atoms with Crippen LogP contribution in [0.4, 0.5) is 4.79 Å². The van der Waals surface area contributed by atoms with Gasteiger partial charge in [-0.2, -0.15) is 5.10 Å². The Bertz CT molecular complexity index is 861. The SMILES string of the molecule is Cc1nn(-c2ccc(C(C)C)cc2)c(C)c1[C@@H]1C=C[C@@H](NC(=O)NC(C)C)C1. The van der Waals surface area contributed by atoms with Crippen molar-refractivity contribution in [2.24, 2.45) is 0 Å². The molecule has 28 heavy (non-hydrogen) atoms. The molecule has 5 nitrogen and oxygen atoms in total.